The molecule has 0 atom stereocenters. The maximum Gasteiger partial charge on any atom is 0.224 e. The number of aromatic nitrogens is 1. The van der Waals surface area contributed by atoms with Crippen molar-refractivity contribution in [3.8, 4) is 0 Å². The first-order valence-electron chi connectivity index (χ1n) is 6.43. The van der Waals surface area contributed by atoms with Crippen LogP contribution in [0.2, 0.25) is 0 Å². The summed E-state index contributed by atoms with van der Waals surface area (Å²) in [6.07, 6.45) is 2.08. The van der Waals surface area contributed by atoms with Crippen LogP contribution in [0.4, 0.5) is 11.5 Å². The first-order valence-corrected chi connectivity index (χ1v) is 7.22. The highest BCUT2D eigenvalue weighted by Gasteiger charge is 2.10. The van der Waals surface area contributed by atoms with Gasteiger partial charge in [0.1, 0.15) is 5.82 Å². The molecule has 1 rings (SSSR count). The monoisotopic (exact) mass is 328 g/mol. The summed E-state index contributed by atoms with van der Waals surface area (Å²) in [5, 5.41) is 3.15. The zero-order valence-electron chi connectivity index (χ0n) is 11.7. The zero-order valence-corrected chi connectivity index (χ0v) is 13.2. The van der Waals surface area contributed by atoms with Crippen LogP contribution in [0.5, 0.6) is 0 Å². The van der Waals surface area contributed by atoms with Crippen molar-refractivity contribution in [3.05, 3.63) is 16.2 Å². The number of pyridine rings is 1. The number of anilines is 2. The van der Waals surface area contributed by atoms with Gasteiger partial charge in [-0.25, -0.2) is 4.98 Å². The molecular formula is C13H21BrN4O. The SMILES string of the molecule is CCN(CC)C(=O)CCNc1ncc(N)c(C)c1Br. The van der Waals surface area contributed by atoms with Gasteiger partial charge in [-0.15, -0.1) is 0 Å². The van der Waals surface area contributed by atoms with Gasteiger partial charge >= 0.3 is 0 Å². The Balaban J connectivity index is 2.54. The Morgan fingerprint density at radius 3 is 2.68 bits per heavy atom. The Hall–Kier alpha value is -1.30. The van der Waals surface area contributed by atoms with E-state index in [0.717, 1.165) is 28.9 Å². The van der Waals surface area contributed by atoms with E-state index in [1.807, 2.05) is 25.7 Å². The summed E-state index contributed by atoms with van der Waals surface area (Å²) >= 11 is 3.45. The van der Waals surface area contributed by atoms with Gasteiger partial charge in [-0.2, -0.15) is 0 Å². The molecule has 0 spiro atoms. The Labute approximate surface area is 122 Å². The van der Waals surface area contributed by atoms with Crippen molar-refractivity contribution in [3.63, 3.8) is 0 Å². The summed E-state index contributed by atoms with van der Waals surface area (Å²) in [5.74, 6) is 0.875. The fraction of sp³-hybridized carbons (Fsp3) is 0.538. The summed E-state index contributed by atoms with van der Waals surface area (Å²) in [6.45, 7) is 7.95. The van der Waals surface area contributed by atoms with Gasteiger partial charge in [0, 0.05) is 26.1 Å². The molecule has 6 heteroatoms. The smallest absolute Gasteiger partial charge is 0.224 e. The Morgan fingerprint density at radius 2 is 2.11 bits per heavy atom. The van der Waals surface area contributed by atoms with Gasteiger partial charge in [0.25, 0.3) is 0 Å². The van der Waals surface area contributed by atoms with Gasteiger partial charge in [-0.3, -0.25) is 4.79 Å². The van der Waals surface area contributed by atoms with Crippen molar-refractivity contribution < 1.29 is 4.79 Å². The number of halogens is 1. The van der Waals surface area contributed by atoms with E-state index in [0.29, 0.717) is 18.7 Å². The fourth-order valence-electron chi connectivity index (χ4n) is 1.74. The fourth-order valence-corrected chi connectivity index (χ4v) is 2.21. The lowest BCUT2D eigenvalue weighted by Crippen LogP contribution is -2.31. The topological polar surface area (TPSA) is 71.2 Å². The van der Waals surface area contributed by atoms with E-state index in [-0.39, 0.29) is 5.91 Å². The number of nitrogens with zero attached hydrogens (tertiary/aromatic N) is 2. The predicted molar refractivity (Wildman–Crippen MR) is 82.1 cm³/mol. The minimum absolute atomic E-state index is 0.154. The van der Waals surface area contributed by atoms with Gasteiger partial charge in [-0.05, 0) is 42.3 Å². The van der Waals surface area contributed by atoms with Crippen LogP contribution in [-0.4, -0.2) is 35.4 Å². The summed E-state index contributed by atoms with van der Waals surface area (Å²) in [7, 11) is 0. The molecule has 0 fully saturated rings. The van der Waals surface area contributed by atoms with Crippen molar-refractivity contribution in [1.29, 1.82) is 0 Å². The number of nitrogens with one attached hydrogen (secondary N) is 1. The molecule has 5 nitrogen and oxygen atoms in total. The van der Waals surface area contributed by atoms with Crippen LogP contribution >= 0.6 is 15.9 Å². The Morgan fingerprint density at radius 1 is 1.47 bits per heavy atom. The third-order valence-corrected chi connectivity index (χ3v) is 4.02. The Kier molecular flexibility index (Phi) is 6.08. The van der Waals surface area contributed by atoms with E-state index < -0.39 is 0 Å². The van der Waals surface area contributed by atoms with Crippen molar-refractivity contribution in [1.82, 2.24) is 9.88 Å². The second-order valence-corrected chi connectivity index (χ2v) is 5.04. The van der Waals surface area contributed by atoms with Crippen molar-refractivity contribution in [2.75, 3.05) is 30.7 Å². The summed E-state index contributed by atoms with van der Waals surface area (Å²) in [6, 6.07) is 0. The van der Waals surface area contributed by atoms with E-state index in [1.165, 1.54) is 0 Å². The maximum absolute atomic E-state index is 11.8. The normalized spacial score (nSPS) is 10.3. The third-order valence-electron chi connectivity index (χ3n) is 3.05. The predicted octanol–water partition coefficient (Wildman–Crippen LogP) is 2.41. The molecule has 1 heterocycles. The number of amides is 1. The highest BCUT2D eigenvalue weighted by molar-refractivity contribution is 9.10. The average Bonchev–Trinajstić information content (AvgIpc) is 2.40. The molecule has 19 heavy (non-hydrogen) atoms. The van der Waals surface area contributed by atoms with Gasteiger partial charge in [-0.1, -0.05) is 0 Å². The molecular weight excluding hydrogens is 308 g/mol. The minimum atomic E-state index is 0.154. The van der Waals surface area contributed by atoms with Crippen LogP contribution in [0.3, 0.4) is 0 Å². The number of hydrogen-bond donors (Lipinski definition) is 2. The van der Waals surface area contributed by atoms with Crippen LogP contribution in [0.1, 0.15) is 25.8 Å². The van der Waals surface area contributed by atoms with E-state index in [9.17, 15) is 4.79 Å². The number of carbonyl (C=O) groups excluding carboxylic acids is 1. The maximum atomic E-state index is 11.8. The molecule has 0 aliphatic carbocycles. The van der Waals surface area contributed by atoms with Crippen molar-refractivity contribution >= 4 is 33.3 Å². The lowest BCUT2D eigenvalue weighted by molar-refractivity contribution is -0.130. The second-order valence-electron chi connectivity index (χ2n) is 4.24. The number of rotatable bonds is 6. The molecule has 0 aliphatic rings. The molecule has 1 aromatic heterocycles. The zero-order chi connectivity index (χ0) is 14.4. The van der Waals surface area contributed by atoms with Gasteiger partial charge in [0.05, 0.1) is 16.4 Å². The number of nitrogens with two attached hydrogens (primary N) is 1. The van der Waals surface area contributed by atoms with Crippen LogP contribution in [0, 0.1) is 6.92 Å². The standard InChI is InChI=1S/C13H21BrN4O/c1-4-18(5-2)11(19)6-7-16-13-12(14)9(3)10(15)8-17-13/h8H,4-7,15H2,1-3H3,(H,16,17). The van der Waals surface area contributed by atoms with Gasteiger partial charge in [0.2, 0.25) is 5.91 Å². The molecule has 0 aromatic carbocycles. The average molecular weight is 329 g/mol. The van der Waals surface area contributed by atoms with E-state index >= 15 is 0 Å². The molecule has 0 unspecified atom stereocenters. The molecule has 0 saturated carbocycles. The summed E-state index contributed by atoms with van der Waals surface area (Å²) in [5.41, 5.74) is 7.36. The molecule has 3 N–H and O–H groups in total. The van der Waals surface area contributed by atoms with Gasteiger partial charge in [0.15, 0.2) is 0 Å². The van der Waals surface area contributed by atoms with Crippen molar-refractivity contribution in [2.24, 2.45) is 0 Å². The lowest BCUT2D eigenvalue weighted by atomic mass is 10.2. The molecule has 1 amide bonds. The van der Waals surface area contributed by atoms with E-state index in [4.69, 9.17) is 5.73 Å². The molecule has 1 aromatic rings. The quantitative estimate of drug-likeness (QED) is 0.841. The van der Waals surface area contributed by atoms with Crippen LogP contribution < -0.4 is 11.1 Å². The third kappa shape index (κ3) is 4.09. The molecule has 0 aliphatic heterocycles. The number of nitrogen functional groups attached to an aromatic ring is 1. The van der Waals surface area contributed by atoms with Crippen LogP contribution in [-0.2, 0) is 4.79 Å². The Bertz CT molecular complexity index is 447. The van der Waals surface area contributed by atoms with Crippen LogP contribution in [0.15, 0.2) is 10.7 Å². The largest absolute Gasteiger partial charge is 0.397 e. The molecule has 0 bridgehead atoms. The summed E-state index contributed by atoms with van der Waals surface area (Å²) < 4.78 is 0.850. The first kappa shape index (κ1) is 15.8. The minimum Gasteiger partial charge on any atom is -0.397 e. The second kappa shape index (κ2) is 7.33. The molecule has 0 radical (unpaired) electrons. The highest BCUT2D eigenvalue weighted by atomic mass is 79.9. The van der Waals surface area contributed by atoms with E-state index in [1.54, 1.807) is 6.20 Å². The van der Waals surface area contributed by atoms with Gasteiger partial charge < -0.3 is 16.0 Å². The molecule has 106 valence electrons. The molecule has 0 saturated heterocycles. The summed E-state index contributed by atoms with van der Waals surface area (Å²) in [4.78, 5) is 17.9. The highest BCUT2D eigenvalue weighted by Crippen LogP contribution is 2.27. The number of hydrogen-bond acceptors (Lipinski definition) is 4. The lowest BCUT2D eigenvalue weighted by Gasteiger charge is -2.18. The van der Waals surface area contributed by atoms with E-state index in [2.05, 4.69) is 26.2 Å². The first-order chi connectivity index (χ1) is 9.01. The van der Waals surface area contributed by atoms with Crippen LogP contribution in [0.25, 0.3) is 0 Å². The number of carbonyl (C=O) groups is 1. The van der Waals surface area contributed by atoms with Crippen molar-refractivity contribution in [2.45, 2.75) is 27.2 Å².